The molecule has 0 unspecified atom stereocenters. The van der Waals surface area contributed by atoms with E-state index in [2.05, 4.69) is 25.6 Å². The van der Waals surface area contributed by atoms with Crippen molar-refractivity contribution in [1.29, 1.82) is 0 Å². The summed E-state index contributed by atoms with van der Waals surface area (Å²) in [6.07, 6.45) is -2.09. The van der Waals surface area contributed by atoms with Gasteiger partial charge < -0.3 is 10.3 Å². The number of rotatable bonds is 3. The van der Waals surface area contributed by atoms with Crippen molar-refractivity contribution in [1.82, 2.24) is 24.8 Å². The molecule has 0 radical (unpaired) electrons. The number of benzene rings is 1. The number of hydrogen-bond donors (Lipinski definition) is 3. The summed E-state index contributed by atoms with van der Waals surface area (Å²) >= 11 is 0. The molecule has 1 aromatic carbocycles. The fourth-order valence-corrected chi connectivity index (χ4v) is 3.04. The van der Waals surface area contributed by atoms with Gasteiger partial charge in [0.05, 0.1) is 17.4 Å². The SMILES string of the molecule is Cc1[nH]c2c(-c3ccccc3)c(C(F)(F)F)nn2c(=O)c1C(=O)Nc1cn[nH]c1. The summed E-state index contributed by atoms with van der Waals surface area (Å²) in [5.74, 6) is -0.794. The van der Waals surface area contributed by atoms with Gasteiger partial charge in [-0.3, -0.25) is 14.7 Å². The Bertz CT molecular complexity index is 1260. The van der Waals surface area contributed by atoms with Gasteiger partial charge in [0.1, 0.15) is 11.2 Å². The van der Waals surface area contributed by atoms with E-state index in [1.165, 1.54) is 31.5 Å². The van der Waals surface area contributed by atoms with Crippen molar-refractivity contribution in [2.45, 2.75) is 13.1 Å². The minimum absolute atomic E-state index is 0.106. The third-order valence-electron chi connectivity index (χ3n) is 4.29. The standard InChI is InChI=1S/C18H13F3N6O2/c1-9-12(16(28)25-11-7-22-23-8-11)17(29)27-15(24-9)13(10-5-3-2-4-6-10)14(26-27)18(19,20)21/h2-8,24H,1H3,(H,22,23)(H,25,28). The quantitative estimate of drug-likeness (QED) is 0.490. The van der Waals surface area contributed by atoms with Crippen LogP contribution >= 0.6 is 0 Å². The number of fused-ring (bicyclic) bond motifs is 1. The molecule has 0 aliphatic carbocycles. The van der Waals surface area contributed by atoms with Crippen molar-refractivity contribution in [3.63, 3.8) is 0 Å². The van der Waals surface area contributed by atoms with Gasteiger partial charge in [0.15, 0.2) is 5.69 Å². The lowest BCUT2D eigenvalue weighted by Crippen LogP contribution is -2.29. The zero-order valence-corrected chi connectivity index (χ0v) is 14.8. The number of carbonyl (C=O) groups is 1. The Morgan fingerprint density at radius 2 is 1.93 bits per heavy atom. The van der Waals surface area contributed by atoms with E-state index in [-0.39, 0.29) is 28.0 Å². The number of nitrogens with one attached hydrogen (secondary N) is 3. The molecule has 0 aliphatic rings. The first-order chi connectivity index (χ1) is 13.8. The lowest BCUT2D eigenvalue weighted by Gasteiger charge is -2.08. The number of aryl methyl sites for hydroxylation is 1. The predicted octanol–water partition coefficient (Wildman–Crippen LogP) is 2.99. The van der Waals surface area contributed by atoms with E-state index in [9.17, 15) is 22.8 Å². The molecule has 0 fully saturated rings. The molecule has 29 heavy (non-hydrogen) atoms. The molecule has 0 aliphatic heterocycles. The summed E-state index contributed by atoms with van der Waals surface area (Å²) in [7, 11) is 0. The topological polar surface area (TPSA) is 108 Å². The monoisotopic (exact) mass is 402 g/mol. The van der Waals surface area contributed by atoms with Gasteiger partial charge in [-0.25, -0.2) is 0 Å². The highest BCUT2D eigenvalue weighted by Gasteiger charge is 2.39. The molecule has 0 saturated heterocycles. The summed E-state index contributed by atoms with van der Waals surface area (Å²) in [6.45, 7) is 1.43. The second kappa shape index (κ2) is 6.62. The number of aromatic amines is 2. The lowest BCUT2D eigenvalue weighted by molar-refractivity contribution is -0.140. The predicted molar refractivity (Wildman–Crippen MR) is 97.5 cm³/mol. The Morgan fingerprint density at radius 3 is 2.55 bits per heavy atom. The van der Waals surface area contributed by atoms with Crippen LogP contribution in [-0.2, 0) is 6.18 Å². The van der Waals surface area contributed by atoms with Crippen LogP contribution in [0.1, 0.15) is 21.7 Å². The molecule has 8 nitrogen and oxygen atoms in total. The average molecular weight is 402 g/mol. The van der Waals surface area contributed by atoms with Gasteiger partial charge in [0.2, 0.25) is 0 Å². The van der Waals surface area contributed by atoms with Gasteiger partial charge in [-0.1, -0.05) is 30.3 Å². The first kappa shape index (κ1) is 18.5. The number of anilines is 1. The van der Waals surface area contributed by atoms with Crippen LogP contribution in [0.5, 0.6) is 0 Å². The van der Waals surface area contributed by atoms with Gasteiger partial charge in [-0.15, -0.1) is 0 Å². The second-order valence-corrected chi connectivity index (χ2v) is 6.22. The van der Waals surface area contributed by atoms with Crippen LogP contribution in [0.25, 0.3) is 16.8 Å². The normalized spacial score (nSPS) is 11.7. The van der Waals surface area contributed by atoms with E-state index in [1.807, 2.05) is 0 Å². The maximum Gasteiger partial charge on any atom is 0.435 e. The summed E-state index contributed by atoms with van der Waals surface area (Å²) in [5.41, 5.74) is -2.31. The molecule has 3 heterocycles. The third-order valence-corrected chi connectivity index (χ3v) is 4.29. The molecule has 1 amide bonds. The number of nitrogens with zero attached hydrogens (tertiary/aromatic N) is 3. The number of H-pyrrole nitrogens is 2. The Kier molecular flexibility index (Phi) is 4.22. The van der Waals surface area contributed by atoms with Crippen molar-refractivity contribution in [3.8, 4) is 11.1 Å². The van der Waals surface area contributed by atoms with Crippen molar-refractivity contribution >= 4 is 17.2 Å². The van der Waals surface area contributed by atoms with Gasteiger partial charge in [-0.2, -0.15) is 27.9 Å². The number of alkyl halides is 3. The van der Waals surface area contributed by atoms with Crippen LogP contribution < -0.4 is 10.9 Å². The summed E-state index contributed by atoms with van der Waals surface area (Å²) in [6, 6.07) is 7.79. The molecule has 3 aromatic heterocycles. The second-order valence-electron chi connectivity index (χ2n) is 6.22. The van der Waals surface area contributed by atoms with E-state index < -0.39 is 23.3 Å². The van der Waals surface area contributed by atoms with E-state index >= 15 is 0 Å². The van der Waals surface area contributed by atoms with Crippen molar-refractivity contribution in [2.75, 3.05) is 5.32 Å². The Hall–Kier alpha value is -3.89. The summed E-state index contributed by atoms with van der Waals surface area (Å²) < 4.78 is 41.5. The number of halogens is 3. The van der Waals surface area contributed by atoms with Crippen LogP contribution in [0.4, 0.5) is 18.9 Å². The van der Waals surface area contributed by atoms with Crippen LogP contribution in [0.3, 0.4) is 0 Å². The number of amides is 1. The molecule has 0 spiro atoms. The van der Waals surface area contributed by atoms with E-state index in [0.29, 0.717) is 10.2 Å². The van der Waals surface area contributed by atoms with Crippen molar-refractivity contribution in [2.24, 2.45) is 0 Å². The van der Waals surface area contributed by atoms with Gasteiger partial charge in [0, 0.05) is 11.9 Å². The fourth-order valence-electron chi connectivity index (χ4n) is 3.04. The Balaban J connectivity index is 1.96. The molecule has 3 N–H and O–H groups in total. The average Bonchev–Trinajstić information content (AvgIpc) is 3.29. The maximum atomic E-state index is 13.6. The smallest absolute Gasteiger partial charge is 0.342 e. The third kappa shape index (κ3) is 3.16. The highest BCUT2D eigenvalue weighted by Crippen LogP contribution is 2.38. The number of aromatic nitrogens is 5. The molecular formula is C18H13F3N6O2. The largest absolute Gasteiger partial charge is 0.435 e. The van der Waals surface area contributed by atoms with Crippen molar-refractivity contribution < 1.29 is 18.0 Å². The van der Waals surface area contributed by atoms with Gasteiger partial charge in [0.25, 0.3) is 11.5 Å². The molecule has 0 bridgehead atoms. The Labute approximate surface area is 160 Å². The van der Waals surface area contributed by atoms with Crippen LogP contribution in [0.2, 0.25) is 0 Å². The number of carbonyl (C=O) groups excluding carboxylic acids is 1. The van der Waals surface area contributed by atoms with E-state index in [4.69, 9.17) is 0 Å². The zero-order valence-electron chi connectivity index (χ0n) is 14.8. The minimum Gasteiger partial charge on any atom is -0.342 e. The first-order valence-electron chi connectivity index (χ1n) is 8.35. The van der Waals surface area contributed by atoms with Gasteiger partial charge >= 0.3 is 6.18 Å². The van der Waals surface area contributed by atoms with Crippen molar-refractivity contribution in [3.05, 3.63) is 70.0 Å². The molecular weight excluding hydrogens is 389 g/mol. The molecule has 4 rings (SSSR count). The number of hydrogen-bond acceptors (Lipinski definition) is 4. The van der Waals surface area contributed by atoms with E-state index in [0.717, 1.165) is 0 Å². The zero-order chi connectivity index (χ0) is 20.8. The lowest BCUT2D eigenvalue weighted by atomic mass is 10.1. The highest BCUT2D eigenvalue weighted by molar-refractivity contribution is 6.04. The molecule has 4 aromatic rings. The van der Waals surface area contributed by atoms with Gasteiger partial charge in [-0.05, 0) is 12.5 Å². The Morgan fingerprint density at radius 1 is 1.21 bits per heavy atom. The summed E-state index contributed by atoms with van der Waals surface area (Å²) in [5, 5.41) is 12.1. The molecule has 0 saturated carbocycles. The fraction of sp³-hybridized carbons (Fsp3) is 0.111. The molecule has 0 atom stereocenters. The molecule has 148 valence electrons. The molecule has 11 heteroatoms. The minimum atomic E-state index is -4.80. The van der Waals surface area contributed by atoms with Crippen LogP contribution in [0, 0.1) is 6.92 Å². The first-order valence-corrected chi connectivity index (χ1v) is 8.35. The van der Waals surface area contributed by atoms with E-state index in [1.54, 1.807) is 18.2 Å². The van der Waals surface area contributed by atoms with Crippen LogP contribution in [-0.4, -0.2) is 30.7 Å². The van der Waals surface area contributed by atoms with Crippen LogP contribution in [0.15, 0.2) is 47.5 Å². The summed E-state index contributed by atoms with van der Waals surface area (Å²) in [4.78, 5) is 28.1. The maximum absolute atomic E-state index is 13.6. The highest BCUT2D eigenvalue weighted by atomic mass is 19.4.